The molecule has 112 valence electrons. The Labute approximate surface area is 130 Å². The summed E-state index contributed by atoms with van der Waals surface area (Å²) in [4.78, 5) is 12.5. The summed E-state index contributed by atoms with van der Waals surface area (Å²) in [5.41, 5.74) is 3.52. The number of benzene rings is 2. The van der Waals surface area contributed by atoms with Crippen LogP contribution in [0.15, 0.2) is 54.6 Å². The van der Waals surface area contributed by atoms with Gasteiger partial charge in [0.25, 0.3) is 0 Å². The highest BCUT2D eigenvalue weighted by molar-refractivity contribution is 6.08. The van der Waals surface area contributed by atoms with Gasteiger partial charge in [-0.05, 0) is 38.0 Å². The molecule has 3 heteroatoms. The molecule has 22 heavy (non-hydrogen) atoms. The van der Waals surface area contributed by atoms with Crippen LogP contribution in [0.3, 0.4) is 0 Å². The number of carbonyl (C=O) groups excluding carboxylic acids is 1. The molecule has 2 aromatic carbocycles. The highest BCUT2D eigenvalue weighted by Gasteiger charge is 2.27. The summed E-state index contributed by atoms with van der Waals surface area (Å²) in [7, 11) is 0. The van der Waals surface area contributed by atoms with Gasteiger partial charge in [0.2, 0.25) is 0 Å². The van der Waals surface area contributed by atoms with Crippen LogP contribution in [0.5, 0.6) is 5.75 Å². The highest BCUT2D eigenvalue weighted by Crippen LogP contribution is 2.29. The molecule has 2 N–H and O–H groups in total. The molecule has 0 atom stereocenters. The zero-order valence-electron chi connectivity index (χ0n) is 12.8. The monoisotopic (exact) mass is 293 g/mol. The number of fused-ring (bicyclic) bond motifs is 1. The molecule has 1 heterocycles. The van der Waals surface area contributed by atoms with Crippen molar-refractivity contribution in [2.24, 2.45) is 0 Å². The zero-order valence-corrected chi connectivity index (χ0v) is 12.8. The minimum atomic E-state index is -0.120. The molecule has 1 aliphatic rings. The maximum absolute atomic E-state index is 12.5. The van der Waals surface area contributed by atoms with Crippen LogP contribution in [0.1, 0.15) is 35.3 Å². The number of nitrogens with one attached hydrogen (secondary N) is 1. The third-order valence-corrected chi connectivity index (χ3v) is 3.82. The normalized spacial score (nSPS) is 17.6. The van der Waals surface area contributed by atoms with Gasteiger partial charge in [0.15, 0.2) is 5.78 Å². The van der Waals surface area contributed by atoms with Crippen LogP contribution in [0, 0.1) is 0 Å². The van der Waals surface area contributed by atoms with Crippen LogP contribution in [0.2, 0.25) is 0 Å². The summed E-state index contributed by atoms with van der Waals surface area (Å²) in [6.07, 6.45) is 2.54. The number of phenolic OH excluding ortho intramolecular Hbond substituents is 1. The minimum Gasteiger partial charge on any atom is -0.508 e. The van der Waals surface area contributed by atoms with Crippen molar-refractivity contribution in [1.29, 1.82) is 0 Å². The first-order chi connectivity index (χ1) is 10.4. The second-order valence-corrected chi connectivity index (χ2v) is 6.32. The van der Waals surface area contributed by atoms with Gasteiger partial charge >= 0.3 is 0 Å². The first-order valence-electron chi connectivity index (χ1n) is 7.36. The van der Waals surface area contributed by atoms with E-state index in [4.69, 9.17) is 0 Å². The van der Waals surface area contributed by atoms with Gasteiger partial charge < -0.3 is 10.4 Å². The lowest BCUT2D eigenvalue weighted by molar-refractivity contribution is 0.104. The van der Waals surface area contributed by atoms with E-state index < -0.39 is 0 Å². The fourth-order valence-electron chi connectivity index (χ4n) is 2.88. The Hall–Kier alpha value is -2.55. The molecule has 0 saturated carbocycles. The average Bonchev–Trinajstić information content (AvgIpc) is 2.46. The van der Waals surface area contributed by atoms with E-state index in [1.54, 1.807) is 24.3 Å². The minimum absolute atomic E-state index is 0.0979. The Bertz CT molecular complexity index is 760. The second-order valence-electron chi connectivity index (χ2n) is 6.32. The molecular weight excluding hydrogens is 274 g/mol. The fourth-order valence-corrected chi connectivity index (χ4v) is 2.88. The van der Waals surface area contributed by atoms with Crippen molar-refractivity contribution in [1.82, 2.24) is 5.32 Å². The highest BCUT2D eigenvalue weighted by atomic mass is 16.3. The van der Waals surface area contributed by atoms with Crippen LogP contribution < -0.4 is 5.32 Å². The molecule has 0 unspecified atom stereocenters. The van der Waals surface area contributed by atoms with Gasteiger partial charge in [-0.15, -0.1) is 0 Å². The van der Waals surface area contributed by atoms with Gasteiger partial charge in [0, 0.05) is 28.4 Å². The van der Waals surface area contributed by atoms with Crippen molar-refractivity contribution in [2.75, 3.05) is 0 Å². The van der Waals surface area contributed by atoms with Crippen LogP contribution in [-0.4, -0.2) is 16.4 Å². The van der Waals surface area contributed by atoms with Crippen molar-refractivity contribution < 1.29 is 9.90 Å². The van der Waals surface area contributed by atoms with Gasteiger partial charge in [-0.25, -0.2) is 0 Å². The molecule has 0 amide bonds. The Morgan fingerprint density at radius 2 is 1.95 bits per heavy atom. The van der Waals surface area contributed by atoms with E-state index in [0.29, 0.717) is 5.56 Å². The fraction of sp³-hybridized carbons (Fsp3) is 0.211. The third-order valence-electron chi connectivity index (χ3n) is 3.82. The van der Waals surface area contributed by atoms with E-state index >= 15 is 0 Å². The lowest BCUT2D eigenvalue weighted by atomic mass is 9.85. The molecule has 0 aromatic heterocycles. The number of aromatic hydroxyl groups is 1. The van der Waals surface area contributed by atoms with Crippen molar-refractivity contribution in [3.05, 3.63) is 71.3 Å². The average molecular weight is 293 g/mol. The number of rotatable bonds is 2. The number of hydrogen-bond acceptors (Lipinski definition) is 3. The number of hydrogen-bond donors (Lipinski definition) is 2. The third kappa shape index (κ3) is 2.89. The van der Waals surface area contributed by atoms with Gasteiger partial charge in [-0.1, -0.05) is 36.4 Å². The summed E-state index contributed by atoms with van der Waals surface area (Å²) >= 11 is 0. The lowest BCUT2D eigenvalue weighted by Crippen LogP contribution is -2.43. The van der Waals surface area contributed by atoms with Gasteiger partial charge in [0.05, 0.1) is 0 Å². The molecule has 0 aliphatic carbocycles. The Kier molecular flexibility index (Phi) is 3.49. The topological polar surface area (TPSA) is 49.3 Å². The maximum atomic E-state index is 12.5. The Balaban J connectivity index is 2.01. The largest absolute Gasteiger partial charge is 0.508 e. The van der Waals surface area contributed by atoms with Crippen molar-refractivity contribution in [2.45, 2.75) is 25.8 Å². The summed E-state index contributed by atoms with van der Waals surface area (Å²) in [6.45, 7) is 4.24. The summed E-state index contributed by atoms with van der Waals surface area (Å²) in [5.74, 6) is -0.0208. The second kappa shape index (κ2) is 5.34. The smallest absolute Gasteiger partial charge is 0.188 e. The van der Waals surface area contributed by atoms with E-state index in [2.05, 4.69) is 25.2 Å². The predicted octanol–water partition coefficient (Wildman–Crippen LogP) is 3.54. The van der Waals surface area contributed by atoms with Crippen molar-refractivity contribution in [3.63, 3.8) is 0 Å². The number of phenols is 1. The SMILES string of the molecule is CC1(C)Cc2ccccc2/C(=C/C(=O)c2cccc(O)c2)N1. The summed E-state index contributed by atoms with van der Waals surface area (Å²) in [6, 6.07) is 14.6. The van der Waals surface area contributed by atoms with E-state index in [9.17, 15) is 9.90 Å². The van der Waals surface area contributed by atoms with E-state index in [1.165, 1.54) is 11.6 Å². The molecule has 2 aromatic rings. The van der Waals surface area contributed by atoms with Crippen molar-refractivity contribution >= 4 is 11.5 Å². The molecule has 0 radical (unpaired) electrons. The van der Waals surface area contributed by atoms with Gasteiger partial charge in [-0.2, -0.15) is 0 Å². The molecule has 3 rings (SSSR count). The van der Waals surface area contributed by atoms with E-state index in [0.717, 1.165) is 17.7 Å². The molecule has 1 aliphatic heterocycles. The van der Waals surface area contributed by atoms with Crippen LogP contribution in [-0.2, 0) is 6.42 Å². The summed E-state index contributed by atoms with van der Waals surface area (Å²) in [5, 5.41) is 13.0. The lowest BCUT2D eigenvalue weighted by Gasteiger charge is -2.35. The molecule has 3 nitrogen and oxygen atoms in total. The Morgan fingerprint density at radius 1 is 1.18 bits per heavy atom. The molecular formula is C19H19NO2. The summed E-state index contributed by atoms with van der Waals surface area (Å²) < 4.78 is 0. The van der Waals surface area contributed by atoms with Gasteiger partial charge in [0.1, 0.15) is 5.75 Å². The van der Waals surface area contributed by atoms with E-state index in [1.807, 2.05) is 18.2 Å². The van der Waals surface area contributed by atoms with Crippen LogP contribution in [0.4, 0.5) is 0 Å². The number of allylic oxidation sites excluding steroid dienone is 1. The number of carbonyl (C=O) groups is 1. The predicted molar refractivity (Wildman–Crippen MR) is 87.8 cm³/mol. The van der Waals surface area contributed by atoms with Crippen LogP contribution >= 0.6 is 0 Å². The Morgan fingerprint density at radius 3 is 2.73 bits per heavy atom. The van der Waals surface area contributed by atoms with Crippen molar-refractivity contribution in [3.8, 4) is 5.75 Å². The maximum Gasteiger partial charge on any atom is 0.188 e. The molecule has 0 spiro atoms. The standard InChI is InChI=1S/C19H19NO2/c1-19(2)12-14-6-3-4-9-16(14)17(20-19)11-18(22)13-7-5-8-15(21)10-13/h3-11,20-21H,12H2,1-2H3/b17-11-. The molecule has 0 bridgehead atoms. The van der Waals surface area contributed by atoms with Gasteiger partial charge in [-0.3, -0.25) is 4.79 Å². The number of ketones is 1. The first kappa shape index (κ1) is 14.4. The van der Waals surface area contributed by atoms with E-state index in [-0.39, 0.29) is 17.1 Å². The zero-order chi connectivity index (χ0) is 15.7. The quantitative estimate of drug-likeness (QED) is 0.657. The molecule has 0 saturated heterocycles. The first-order valence-corrected chi connectivity index (χ1v) is 7.36. The van der Waals surface area contributed by atoms with Crippen LogP contribution in [0.25, 0.3) is 5.70 Å². The molecule has 0 fully saturated rings.